The molecule has 4 rings (SSSR count). The van der Waals surface area contributed by atoms with Crippen LogP contribution in [0.2, 0.25) is 0 Å². The summed E-state index contributed by atoms with van der Waals surface area (Å²) in [5, 5.41) is 3.38. The monoisotopic (exact) mass is 368 g/mol. The predicted molar refractivity (Wildman–Crippen MR) is 98.5 cm³/mol. The molecule has 116 valence electrons. The number of halogens is 1. The molecule has 0 aromatic heterocycles. The second kappa shape index (κ2) is 5.76. The Kier molecular flexibility index (Phi) is 3.59. The van der Waals surface area contributed by atoms with Gasteiger partial charge in [0.2, 0.25) is 0 Å². The van der Waals surface area contributed by atoms with E-state index in [0.717, 1.165) is 33.9 Å². The van der Waals surface area contributed by atoms with Gasteiger partial charge in [0, 0.05) is 35.5 Å². The fraction of sp³-hybridized carbons (Fsp3) is 0.111. The quantitative estimate of drug-likeness (QED) is 0.865. The smallest absolute Gasteiger partial charge is 0.134 e. The lowest BCUT2D eigenvalue weighted by molar-refractivity contribution is 0.485. The third-order valence-corrected chi connectivity index (χ3v) is 4.53. The molecule has 2 aromatic carbocycles. The van der Waals surface area contributed by atoms with E-state index in [1.165, 1.54) is 5.56 Å². The van der Waals surface area contributed by atoms with Gasteiger partial charge in [0.15, 0.2) is 0 Å². The van der Waals surface area contributed by atoms with Gasteiger partial charge in [0.05, 0.1) is 17.1 Å². The van der Waals surface area contributed by atoms with Crippen molar-refractivity contribution in [1.82, 2.24) is 4.90 Å². The van der Waals surface area contributed by atoms with Crippen LogP contribution in [0.25, 0.3) is 5.70 Å². The van der Waals surface area contributed by atoms with Gasteiger partial charge in [0.1, 0.15) is 5.82 Å². The Morgan fingerprint density at radius 3 is 2.78 bits per heavy atom. The van der Waals surface area contributed by atoms with Crippen LogP contribution < -0.4 is 16.0 Å². The van der Waals surface area contributed by atoms with E-state index in [1.807, 2.05) is 18.3 Å². The number of hydrogen-bond acceptors (Lipinski definition) is 4. The number of para-hydroxylation sites is 2. The maximum atomic E-state index is 5.79. The van der Waals surface area contributed by atoms with Crippen molar-refractivity contribution < 1.29 is 0 Å². The third-order valence-electron chi connectivity index (χ3n) is 4.03. The van der Waals surface area contributed by atoms with Crippen LogP contribution in [-0.4, -0.2) is 18.0 Å². The molecule has 0 bridgehead atoms. The number of rotatable bonds is 3. The number of hydrogen-bond donors (Lipinski definition) is 2. The Bertz CT molecular complexity index is 812. The molecular weight excluding hydrogens is 352 g/mol. The van der Waals surface area contributed by atoms with E-state index in [0.29, 0.717) is 6.54 Å². The first-order valence-electron chi connectivity index (χ1n) is 7.58. The minimum absolute atomic E-state index is 0.606. The molecular formula is C18H17BrN4. The Hall–Kier alpha value is -2.24. The van der Waals surface area contributed by atoms with Crippen LogP contribution in [0.3, 0.4) is 0 Å². The highest BCUT2D eigenvalue weighted by Crippen LogP contribution is 2.43. The highest BCUT2D eigenvalue weighted by Gasteiger charge is 2.32. The number of nitrogens with two attached hydrogens (primary N) is 1. The van der Waals surface area contributed by atoms with Gasteiger partial charge in [-0.15, -0.1) is 0 Å². The fourth-order valence-electron chi connectivity index (χ4n) is 3.03. The Morgan fingerprint density at radius 1 is 1.09 bits per heavy atom. The molecule has 0 saturated carbocycles. The van der Waals surface area contributed by atoms with Crippen LogP contribution in [0.1, 0.15) is 5.56 Å². The zero-order valence-electron chi connectivity index (χ0n) is 12.5. The van der Waals surface area contributed by atoms with Gasteiger partial charge in [0.25, 0.3) is 0 Å². The number of benzene rings is 2. The first-order valence-corrected chi connectivity index (χ1v) is 8.37. The molecule has 0 amide bonds. The van der Waals surface area contributed by atoms with E-state index in [9.17, 15) is 0 Å². The van der Waals surface area contributed by atoms with Crippen molar-refractivity contribution in [2.45, 2.75) is 0 Å². The summed E-state index contributed by atoms with van der Waals surface area (Å²) in [6, 6.07) is 16.7. The second-order valence-electron chi connectivity index (χ2n) is 5.51. The molecule has 4 nitrogen and oxygen atoms in total. The molecule has 2 aliphatic heterocycles. The molecule has 0 radical (unpaired) electrons. The highest BCUT2D eigenvalue weighted by atomic mass is 79.9. The first kappa shape index (κ1) is 14.4. The maximum Gasteiger partial charge on any atom is 0.134 e. The fourth-order valence-corrected chi connectivity index (χ4v) is 3.43. The zero-order chi connectivity index (χ0) is 15.8. The lowest BCUT2D eigenvalue weighted by Crippen LogP contribution is -2.31. The van der Waals surface area contributed by atoms with Gasteiger partial charge >= 0.3 is 0 Å². The molecule has 23 heavy (non-hydrogen) atoms. The molecule has 2 heterocycles. The van der Waals surface area contributed by atoms with Gasteiger partial charge < -0.3 is 16.0 Å². The maximum absolute atomic E-state index is 5.79. The lowest BCUT2D eigenvalue weighted by Gasteiger charge is -2.32. The number of nitrogens with one attached hydrogen (secondary N) is 1. The van der Waals surface area contributed by atoms with Crippen molar-refractivity contribution in [2.24, 2.45) is 5.73 Å². The molecule has 3 N–H and O–H groups in total. The van der Waals surface area contributed by atoms with E-state index in [2.05, 4.69) is 73.6 Å². The normalized spacial score (nSPS) is 15.6. The van der Waals surface area contributed by atoms with Crippen LogP contribution in [0.5, 0.6) is 0 Å². The number of nitrogens with zero attached hydrogens (tertiary/aromatic N) is 2. The average Bonchev–Trinajstić information content (AvgIpc) is 2.94. The number of anilines is 2. The second-order valence-corrected chi connectivity index (χ2v) is 6.42. The largest absolute Gasteiger partial charge is 0.357 e. The molecule has 0 unspecified atom stereocenters. The summed E-state index contributed by atoms with van der Waals surface area (Å²) in [6.45, 7) is 1.39. The summed E-state index contributed by atoms with van der Waals surface area (Å²) in [7, 11) is 0. The van der Waals surface area contributed by atoms with Gasteiger partial charge in [-0.05, 0) is 24.3 Å². The lowest BCUT2D eigenvalue weighted by atomic mass is 10.1. The molecule has 0 fully saturated rings. The zero-order valence-corrected chi connectivity index (χ0v) is 14.1. The molecule has 0 aliphatic carbocycles. The van der Waals surface area contributed by atoms with Crippen LogP contribution in [0.15, 0.2) is 71.2 Å². The van der Waals surface area contributed by atoms with Gasteiger partial charge in [-0.2, -0.15) is 0 Å². The molecule has 0 atom stereocenters. The van der Waals surface area contributed by atoms with E-state index in [1.54, 1.807) is 0 Å². The Labute approximate surface area is 144 Å². The summed E-state index contributed by atoms with van der Waals surface area (Å²) in [5.41, 5.74) is 10.4. The minimum atomic E-state index is 0.606. The standard InChI is InChI=1S/C18H17BrN4/c19-14-5-3-4-13(10-14)17-12-22(9-8-20)18-11-21-15-6-1-2-7-16(15)23(17)18/h1-7,10-12,21H,8-9,20H2. The van der Waals surface area contributed by atoms with E-state index in [-0.39, 0.29) is 0 Å². The van der Waals surface area contributed by atoms with Crippen molar-refractivity contribution in [2.75, 3.05) is 23.3 Å². The summed E-state index contributed by atoms with van der Waals surface area (Å²) < 4.78 is 1.07. The van der Waals surface area contributed by atoms with Crippen molar-refractivity contribution in [3.63, 3.8) is 0 Å². The van der Waals surface area contributed by atoms with Crippen molar-refractivity contribution in [3.05, 3.63) is 76.8 Å². The average molecular weight is 369 g/mol. The minimum Gasteiger partial charge on any atom is -0.357 e. The van der Waals surface area contributed by atoms with E-state index < -0.39 is 0 Å². The first-order chi connectivity index (χ1) is 11.3. The summed E-state index contributed by atoms with van der Waals surface area (Å²) in [4.78, 5) is 4.47. The molecule has 5 heteroatoms. The summed E-state index contributed by atoms with van der Waals surface area (Å²) in [5.74, 6) is 1.10. The van der Waals surface area contributed by atoms with Gasteiger partial charge in [-0.25, -0.2) is 0 Å². The van der Waals surface area contributed by atoms with Crippen molar-refractivity contribution in [3.8, 4) is 0 Å². The molecule has 2 aliphatic rings. The van der Waals surface area contributed by atoms with Gasteiger partial charge in [-0.1, -0.05) is 40.2 Å². The van der Waals surface area contributed by atoms with Gasteiger partial charge in [-0.3, -0.25) is 4.90 Å². The molecule has 2 aromatic rings. The van der Waals surface area contributed by atoms with E-state index in [4.69, 9.17) is 5.73 Å². The highest BCUT2D eigenvalue weighted by molar-refractivity contribution is 9.10. The number of fused-ring (bicyclic) bond motifs is 3. The van der Waals surface area contributed by atoms with E-state index >= 15 is 0 Å². The Morgan fingerprint density at radius 2 is 1.96 bits per heavy atom. The Balaban J connectivity index is 1.85. The van der Waals surface area contributed by atoms with Crippen molar-refractivity contribution >= 4 is 33.0 Å². The topological polar surface area (TPSA) is 44.5 Å². The predicted octanol–water partition coefficient (Wildman–Crippen LogP) is 3.75. The summed E-state index contributed by atoms with van der Waals surface area (Å²) in [6.07, 6.45) is 4.21. The molecule has 0 saturated heterocycles. The van der Waals surface area contributed by atoms with Crippen molar-refractivity contribution in [1.29, 1.82) is 0 Å². The van der Waals surface area contributed by atoms with Crippen LogP contribution in [-0.2, 0) is 0 Å². The van der Waals surface area contributed by atoms with Crippen LogP contribution >= 0.6 is 15.9 Å². The van der Waals surface area contributed by atoms with Crippen LogP contribution in [0.4, 0.5) is 11.4 Å². The third kappa shape index (κ3) is 2.42. The molecule has 0 spiro atoms. The van der Waals surface area contributed by atoms with Crippen LogP contribution in [0, 0.1) is 0 Å². The summed E-state index contributed by atoms with van der Waals surface area (Å²) >= 11 is 3.57. The SMILES string of the molecule is NCCN1C=C(c2cccc(Br)c2)N2C1=CNc1ccccc12.